The Labute approximate surface area is 109 Å². The molecule has 18 heavy (non-hydrogen) atoms. The highest BCUT2D eigenvalue weighted by Crippen LogP contribution is 2.20. The fourth-order valence-electron chi connectivity index (χ4n) is 2.09. The topological polar surface area (TPSA) is 53.2 Å². The molecular formula is C14H23N3O. The van der Waals surface area contributed by atoms with Gasteiger partial charge in [0, 0.05) is 6.04 Å². The van der Waals surface area contributed by atoms with Gasteiger partial charge in [-0.2, -0.15) is 0 Å². The second-order valence-electron chi connectivity index (χ2n) is 4.38. The first kappa shape index (κ1) is 14.8. The lowest BCUT2D eigenvalue weighted by Gasteiger charge is -2.29. The van der Waals surface area contributed by atoms with Gasteiger partial charge in [-0.15, -0.1) is 0 Å². The molecule has 1 atom stereocenters. The van der Waals surface area contributed by atoms with Gasteiger partial charge in [0.25, 0.3) is 0 Å². The van der Waals surface area contributed by atoms with E-state index in [2.05, 4.69) is 28.1 Å². The molecule has 3 N–H and O–H groups in total. The van der Waals surface area contributed by atoms with Crippen LogP contribution in [0.3, 0.4) is 0 Å². The summed E-state index contributed by atoms with van der Waals surface area (Å²) in [6.45, 7) is 0. The number of carbonyl (C=O) groups excluding carboxylic acids is 1. The van der Waals surface area contributed by atoms with Gasteiger partial charge in [0.15, 0.2) is 6.29 Å². The minimum Gasteiger partial charge on any atom is -0.313 e. The number of likely N-dealkylation sites (N-methyl/N-ethyl adjacent to an activating group) is 2. The Bertz CT molecular complexity index is 349. The molecule has 0 spiro atoms. The van der Waals surface area contributed by atoms with Gasteiger partial charge in [-0.05, 0) is 39.5 Å². The quantitative estimate of drug-likeness (QED) is 0.476. The predicted octanol–water partition coefficient (Wildman–Crippen LogP) is 1.06. The zero-order chi connectivity index (χ0) is 13.4. The minimum absolute atomic E-state index is 0.257. The van der Waals surface area contributed by atoms with E-state index in [1.165, 1.54) is 5.56 Å². The second-order valence-corrected chi connectivity index (χ2v) is 4.38. The van der Waals surface area contributed by atoms with Crippen LogP contribution >= 0.6 is 0 Å². The van der Waals surface area contributed by atoms with Crippen molar-refractivity contribution >= 4 is 6.29 Å². The molecule has 0 saturated carbocycles. The normalized spacial score (nSPS) is 13.3. The van der Waals surface area contributed by atoms with E-state index in [9.17, 15) is 4.79 Å². The van der Waals surface area contributed by atoms with Crippen LogP contribution in [0.25, 0.3) is 0 Å². The molecular weight excluding hydrogens is 226 g/mol. The van der Waals surface area contributed by atoms with E-state index in [-0.39, 0.29) is 6.04 Å². The van der Waals surface area contributed by atoms with E-state index in [0.717, 1.165) is 19.1 Å². The third-order valence-corrected chi connectivity index (χ3v) is 3.47. The summed E-state index contributed by atoms with van der Waals surface area (Å²) in [7, 11) is 5.53. The first-order chi connectivity index (χ1) is 8.71. The molecule has 0 aromatic heterocycles. The van der Waals surface area contributed by atoms with Gasteiger partial charge in [0.05, 0.1) is 0 Å². The third kappa shape index (κ3) is 3.63. The number of benzene rings is 1. The summed E-state index contributed by atoms with van der Waals surface area (Å²) in [5.41, 5.74) is 0.608. The van der Waals surface area contributed by atoms with Crippen LogP contribution < -0.4 is 16.0 Å². The Morgan fingerprint density at radius 1 is 1.17 bits per heavy atom. The second kappa shape index (κ2) is 7.26. The number of rotatable bonds is 8. The van der Waals surface area contributed by atoms with Crippen molar-refractivity contribution < 1.29 is 4.79 Å². The maximum atomic E-state index is 11.2. The zero-order valence-electron chi connectivity index (χ0n) is 11.4. The van der Waals surface area contributed by atoms with Gasteiger partial charge in [0.2, 0.25) is 0 Å². The number of nitrogens with one attached hydrogen (secondary N) is 3. The van der Waals surface area contributed by atoms with E-state index in [1.807, 2.05) is 25.2 Å². The Hall–Kier alpha value is -1.23. The molecule has 1 aromatic carbocycles. The molecule has 1 rings (SSSR count). The maximum absolute atomic E-state index is 11.2. The van der Waals surface area contributed by atoms with Crippen LogP contribution in [0.2, 0.25) is 0 Å². The van der Waals surface area contributed by atoms with Crippen LogP contribution in [-0.4, -0.2) is 33.1 Å². The largest absolute Gasteiger partial charge is 0.313 e. The highest BCUT2D eigenvalue weighted by molar-refractivity contribution is 5.63. The predicted molar refractivity (Wildman–Crippen MR) is 74.4 cm³/mol. The summed E-state index contributed by atoms with van der Waals surface area (Å²) >= 11 is 0. The third-order valence-electron chi connectivity index (χ3n) is 3.47. The summed E-state index contributed by atoms with van der Waals surface area (Å²) in [5.74, 6) is 0. The van der Waals surface area contributed by atoms with Gasteiger partial charge in [-0.25, -0.2) is 0 Å². The van der Waals surface area contributed by atoms with Gasteiger partial charge >= 0.3 is 0 Å². The van der Waals surface area contributed by atoms with E-state index in [1.54, 1.807) is 14.1 Å². The molecule has 4 heteroatoms. The van der Waals surface area contributed by atoms with Crippen molar-refractivity contribution in [2.45, 2.75) is 24.5 Å². The van der Waals surface area contributed by atoms with Crippen molar-refractivity contribution in [3.63, 3.8) is 0 Å². The minimum atomic E-state index is -0.635. The van der Waals surface area contributed by atoms with Crippen molar-refractivity contribution in [1.82, 2.24) is 16.0 Å². The molecule has 0 amide bonds. The number of aldehydes is 1. The molecule has 0 fully saturated rings. The molecule has 100 valence electrons. The van der Waals surface area contributed by atoms with Gasteiger partial charge in [0.1, 0.15) is 5.66 Å². The maximum Gasteiger partial charge on any atom is 0.154 e. The molecule has 0 radical (unpaired) electrons. The highest BCUT2D eigenvalue weighted by Gasteiger charge is 2.26. The molecule has 1 aromatic rings. The van der Waals surface area contributed by atoms with Crippen LogP contribution in [-0.2, 0) is 4.79 Å². The molecule has 0 aliphatic heterocycles. The van der Waals surface area contributed by atoms with Gasteiger partial charge in [-0.3, -0.25) is 15.4 Å². The van der Waals surface area contributed by atoms with Crippen LogP contribution in [0.15, 0.2) is 30.3 Å². The van der Waals surface area contributed by atoms with Crippen molar-refractivity contribution in [3.8, 4) is 0 Å². The molecule has 0 heterocycles. The Kier molecular flexibility index (Phi) is 5.98. The molecule has 0 bridgehead atoms. The van der Waals surface area contributed by atoms with Crippen LogP contribution in [0.1, 0.15) is 24.4 Å². The molecule has 0 aliphatic rings. The molecule has 1 unspecified atom stereocenters. The highest BCUT2D eigenvalue weighted by atomic mass is 16.1. The fourth-order valence-corrected chi connectivity index (χ4v) is 2.09. The lowest BCUT2D eigenvalue weighted by atomic mass is 9.96. The van der Waals surface area contributed by atoms with Crippen molar-refractivity contribution in [2.75, 3.05) is 21.1 Å². The average molecular weight is 249 g/mol. The summed E-state index contributed by atoms with van der Waals surface area (Å²) in [4.78, 5) is 11.2. The first-order valence-corrected chi connectivity index (χ1v) is 6.27. The summed E-state index contributed by atoms with van der Waals surface area (Å²) in [5, 5.41) is 9.37. The van der Waals surface area contributed by atoms with Crippen LogP contribution in [0.5, 0.6) is 0 Å². The lowest BCUT2D eigenvalue weighted by molar-refractivity contribution is -0.114. The van der Waals surface area contributed by atoms with E-state index >= 15 is 0 Å². The first-order valence-electron chi connectivity index (χ1n) is 6.27. The van der Waals surface area contributed by atoms with Crippen molar-refractivity contribution in [1.29, 1.82) is 0 Å². The van der Waals surface area contributed by atoms with Crippen LogP contribution in [0, 0.1) is 0 Å². The fraction of sp³-hybridized carbons (Fsp3) is 0.500. The zero-order valence-corrected chi connectivity index (χ0v) is 11.4. The van der Waals surface area contributed by atoms with Crippen LogP contribution in [0.4, 0.5) is 0 Å². The Morgan fingerprint density at radius 3 is 2.22 bits per heavy atom. The lowest BCUT2D eigenvalue weighted by Crippen LogP contribution is -2.55. The number of hydrogen-bond acceptors (Lipinski definition) is 4. The van der Waals surface area contributed by atoms with E-state index in [4.69, 9.17) is 0 Å². The average Bonchev–Trinajstić information content (AvgIpc) is 2.45. The molecule has 0 saturated heterocycles. The smallest absolute Gasteiger partial charge is 0.154 e. The summed E-state index contributed by atoms with van der Waals surface area (Å²) in [6, 6.07) is 10.5. The molecule has 0 aliphatic carbocycles. The molecule has 4 nitrogen and oxygen atoms in total. The van der Waals surface area contributed by atoms with Gasteiger partial charge < -0.3 is 5.32 Å². The van der Waals surface area contributed by atoms with E-state index < -0.39 is 5.66 Å². The van der Waals surface area contributed by atoms with Crippen molar-refractivity contribution in [3.05, 3.63) is 35.9 Å². The number of carbonyl (C=O) groups is 1. The van der Waals surface area contributed by atoms with Gasteiger partial charge in [-0.1, -0.05) is 30.3 Å². The SMILES string of the molecule is CNC(CCC(C=O)(NC)NC)c1ccccc1. The van der Waals surface area contributed by atoms with Crippen molar-refractivity contribution in [2.24, 2.45) is 0 Å². The number of hydrogen-bond donors (Lipinski definition) is 3. The summed E-state index contributed by atoms with van der Waals surface area (Å²) in [6.07, 6.45) is 2.54. The summed E-state index contributed by atoms with van der Waals surface area (Å²) < 4.78 is 0. The Balaban J connectivity index is 2.67. The Morgan fingerprint density at radius 2 is 1.78 bits per heavy atom. The standard InChI is InChI=1S/C14H23N3O/c1-15-13(12-7-5-4-6-8-12)9-10-14(11-18,16-2)17-3/h4-8,11,13,15-17H,9-10H2,1-3H3. The monoisotopic (exact) mass is 249 g/mol. The van der Waals surface area contributed by atoms with E-state index in [0.29, 0.717) is 0 Å².